The van der Waals surface area contributed by atoms with E-state index in [1.165, 1.54) is 5.56 Å². The summed E-state index contributed by atoms with van der Waals surface area (Å²) in [5, 5.41) is 11.8. The zero-order valence-electron chi connectivity index (χ0n) is 17.1. The first-order valence-electron chi connectivity index (χ1n) is 10.2. The second kappa shape index (κ2) is 8.41. The summed E-state index contributed by atoms with van der Waals surface area (Å²) in [6, 6.07) is 16.2. The lowest BCUT2D eigenvalue weighted by Gasteiger charge is -2.34. The summed E-state index contributed by atoms with van der Waals surface area (Å²) < 4.78 is 0. The topological polar surface area (TPSA) is 57.1 Å². The highest BCUT2D eigenvalue weighted by Crippen LogP contribution is 2.31. The summed E-state index contributed by atoms with van der Waals surface area (Å²) >= 11 is 1.59. The van der Waals surface area contributed by atoms with Crippen molar-refractivity contribution >= 4 is 28.5 Å². The van der Waals surface area contributed by atoms with Gasteiger partial charge in [-0.05, 0) is 29.5 Å². The third-order valence-corrected chi connectivity index (χ3v) is 6.10. The van der Waals surface area contributed by atoms with Crippen LogP contribution in [-0.4, -0.2) is 21.8 Å². The minimum atomic E-state index is -0.353. The van der Waals surface area contributed by atoms with Crippen molar-refractivity contribution in [2.75, 3.05) is 5.75 Å². The first kappa shape index (κ1) is 19.7. The van der Waals surface area contributed by atoms with Gasteiger partial charge in [-0.2, -0.15) is 0 Å². The predicted octanol–water partition coefficient (Wildman–Crippen LogP) is 3.49. The molecule has 0 unspecified atom stereocenters. The third-order valence-electron chi connectivity index (χ3n) is 5.15. The van der Waals surface area contributed by atoms with E-state index in [9.17, 15) is 4.79 Å². The highest BCUT2D eigenvalue weighted by molar-refractivity contribution is 8.13. The standard InChI is InChI=1S/C23H26N4OS/c1-4-5-14-29-23-25-22(28)20-18-8-6-7-9-19(18)24-21(27(20)26-23)17-12-10-16(11-13-17)15(2)3/h6-13,15,21H,4-5,14H2,1-3H3,(H,25,26,28)/t21-/m0/s1. The van der Waals surface area contributed by atoms with Crippen LogP contribution in [0.4, 0.5) is 0 Å². The fourth-order valence-electron chi connectivity index (χ4n) is 3.48. The average Bonchev–Trinajstić information content (AvgIpc) is 2.73. The highest BCUT2D eigenvalue weighted by atomic mass is 32.2. The Kier molecular flexibility index (Phi) is 5.72. The van der Waals surface area contributed by atoms with E-state index < -0.39 is 0 Å². The molecular formula is C23H26N4OS. The molecular weight excluding hydrogens is 380 g/mol. The van der Waals surface area contributed by atoms with Crippen molar-refractivity contribution < 1.29 is 4.79 Å². The van der Waals surface area contributed by atoms with Crippen LogP contribution in [0.5, 0.6) is 0 Å². The fraction of sp³-hybridized carbons (Fsp3) is 0.348. The molecule has 6 heteroatoms. The average molecular weight is 407 g/mol. The van der Waals surface area contributed by atoms with Crippen LogP contribution < -0.4 is 15.9 Å². The van der Waals surface area contributed by atoms with Gasteiger partial charge in [-0.1, -0.05) is 81.4 Å². The summed E-state index contributed by atoms with van der Waals surface area (Å²) in [5.74, 6) is 1.28. The number of rotatable bonds is 5. The molecule has 2 aromatic rings. The quantitative estimate of drug-likeness (QED) is 0.774. The maximum absolute atomic E-state index is 13.0. The Morgan fingerprint density at radius 2 is 1.90 bits per heavy atom. The maximum atomic E-state index is 13.0. The van der Waals surface area contributed by atoms with E-state index in [1.807, 2.05) is 24.3 Å². The van der Waals surface area contributed by atoms with Gasteiger partial charge in [0, 0.05) is 11.0 Å². The molecule has 1 amide bonds. The van der Waals surface area contributed by atoms with Crippen LogP contribution in [0.25, 0.3) is 5.70 Å². The number of amides is 1. The molecule has 29 heavy (non-hydrogen) atoms. The molecule has 5 nitrogen and oxygen atoms in total. The van der Waals surface area contributed by atoms with E-state index in [4.69, 9.17) is 10.1 Å². The van der Waals surface area contributed by atoms with Gasteiger partial charge in [-0.3, -0.25) is 15.1 Å². The number of thioether (sulfide) groups is 1. The van der Waals surface area contributed by atoms with Crippen LogP contribution in [0.2, 0.25) is 0 Å². The van der Waals surface area contributed by atoms with Crippen molar-refractivity contribution in [3.8, 4) is 0 Å². The second-order valence-corrected chi connectivity index (χ2v) is 8.68. The number of hydrogen-bond donors (Lipinski definition) is 1. The molecule has 0 radical (unpaired) electrons. The van der Waals surface area contributed by atoms with Gasteiger partial charge < -0.3 is 0 Å². The van der Waals surface area contributed by atoms with Gasteiger partial charge in [0.2, 0.25) is 0 Å². The number of unbranched alkanes of at least 4 members (excludes halogenated alkanes) is 1. The Hall–Kier alpha value is -2.60. The summed E-state index contributed by atoms with van der Waals surface area (Å²) in [6.45, 7) is 6.52. The van der Waals surface area contributed by atoms with Gasteiger partial charge in [0.05, 0.1) is 5.36 Å². The Morgan fingerprint density at radius 3 is 2.62 bits per heavy atom. The molecule has 2 heterocycles. The van der Waals surface area contributed by atoms with Gasteiger partial charge in [0.1, 0.15) is 5.70 Å². The van der Waals surface area contributed by atoms with Crippen LogP contribution >= 0.6 is 11.8 Å². The molecule has 0 aliphatic carbocycles. The van der Waals surface area contributed by atoms with Crippen molar-refractivity contribution in [1.82, 2.24) is 10.3 Å². The zero-order chi connectivity index (χ0) is 20.4. The molecule has 4 rings (SSSR count). The van der Waals surface area contributed by atoms with Crippen molar-refractivity contribution in [3.05, 3.63) is 70.2 Å². The van der Waals surface area contributed by atoms with Gasteiger partial charge in [0.25, 0.3) is 5.91 Å². The Morgan fingerprint density at radius 1 is 1.14 bits per heavy atom. The van der Waals surface area contributed by atoms with Crippen molar-refractivity contribution in [2.24, 2.45) is 10.1 Å². The van der Waals surface area contributed by atoms with E-state index in [2.05, 4.69) is 50.4 Å². The van der Waals surface area contributed by atoms with Gasteiger partial charge >= 0.3 is 0 Å². The minimum Gasteiger partial charge on any atom is -0.298 e. The van der Waals surface area contributed by atoms with Crippen LogP contribution in [0.1, 0.15) is 56.8 Å². The van der Waals surface area contributed by atoms with E-state index >= 15 is 0 Å². The molecule has 0 spiro atoms. The van der Waals surface area contributed by atoms with Crippen LogP contribution in [0.3, 0.4) is 0 Å². The number of nitrogens with one attached hydrogen (secondary N) is 1. The van der Waals surface area contributed by atoms with Crippen molar-refractivity contribution in [1.29, 1.82) is 0 Å². The smallest absolute Gasteiger partial charge is 0.276 e. The van der Waals surface area contributed by atoms with Gasteiger partial charge in [-0.15, -0.1) is 5.10 Å². The lowest BCUT2D eigenvalue weighted by atomic mass is 10.0. The van der Waals surface area contributed by atoms with Crippen molar-refractivity contribution in [2.45, 2.75) is 45.7 Å². The summed E-state index contributed by atoms with van der Waals surface area (Å²) in [4.78, 5) is 18.0. The first-order valence-corrected chi connectivity index (χ1v) is 11.2. The Balaban J connectivity index is 1.80. The number of fused-ring (bicyclic) bond motifs is 2. The number of nitrogens with zero attached hydrogens (tertiary/aromatic N) is 3. The maximum Gasteiger partial charge on any atom is 0.276 e. The molecule has 2 aromatic carbocycles. The van der Waals surface area contributed by atoms with E-state index in [0.29, 0.717) is 16.8 Å². The van der Waals surface area contributed by atoms with Crippen LogP contribution in [0.15, 0.2) is 58.6 Å². The Labute approximate surface area is 175 Å². The molecule has 2 aliphatic heterocycles. The fourth-order valence-corrected chi connectivity index (χ4v) is 4.41. The molecule has 1 atom stereocenters. The Bertz CT molecular complexity index is 1060. The number of carbonyl (C=O) groups is 1. The normalized spacial score (nSPS) is 18.0. The van der Waals surface area contributed by atoms with Gasteiger partial charge in [0.15, 0.2) is 11.3 Å². The molecule has 150 valence electrons. The van der Waals surface area contributed by atoms with E-state index in [-0.39, 0.29) is 12.1 Å². The second-order valence-electron chi connectivity index (χ2n) is 7.60. The molecule has 0 aromatic heterocycles. The lowest BCUT2D eigenvalue weighted by molar-refractivity contribution is -0.116. The zero-order valence-corrected chi connectivity index (χ0v) is 17.9. The predicted molar refractivity (Wildman–Crippen MR) is 119 cm³/mol. The SMILES string of the molecule is CCCCSC1=NN2C(=c3ccccc3=N[C@@H]2c2ccc(C(C)C)cc2)C(=O)N1. The summed E-state index contributed by atoms with van der Waals surface area (Å²) in [5.41, 5.74) is 2.87. The first-order chi connectivity index (χ1) is 14.1. The van der Waals surface area contributed by atoms with E-state index in [0.717, 1.165) is 34.7 Å². The summed E-state index contributed by atoms with van der Waals surface area (Å²) in [7, 11) is 0. The number of hydrazone groups is 1. The third kappa shape index (κ3) is 3.94. The van der Waals surface area contributed by atoms with Crippen molar-refractivity contribution in [3.63, 3.8) is 0 Å². The molecule has 1 N–H and O–H groups in total. The largest absolute Gasteiger partial charge is 0.298 e. The van der Waals surface area contributed by atoms with Gasteiger partial charge in [-0.25, -0.2) is 5.01 Å². The number of benzene rings is 2. The lowest BCUT2D eigenvalue weighted by Crippen LogP contribution is -2.50. The number of amidine groups is 1. The minimum absolute atomic E-state index is 0.120. The molecule has 0 fully saturated rings. The molecule has 2 aliphatic rings. The number of hydrogen-bond acceptors (Lipinski definition) is 5. The summed E-state index contributed by atoms with van der Waals surface area (Å²) in [6.07, 6.45) is 1.85. The highest BCUT2D eigenvalue weighted by Gasteiger charge is 2.34. The molecule has 0 saturated carbocycles. The molecule has 0 saturated heterocycles. The van der Waals surface area contributed by atoms with Crippen LogP contribution in [-0.2, 0) is 4.79 Å². The van der Waals surface area contributed by atoms with Crippen LogP contribution in [0, 0.1) is 0 Å². The number of carbonyl (C=O) groups excluding carboxylic acids is 1. The monoisotopic (exact) mass is 406 g/mol. The van der Waals surface area contributed by atoms with E-state index in [1.54, 1.807) is 16.8 Å². The number of para-hydroxylation sites is 1. The molecule has 0 bridgehead atoms.